The zero-order valence-corrected chi connectivity index (χ0v) is 14.2. The van der Waals surface area contributed by atoms with Gasteiger partial charge in [-0.15, -0.1) is 0 Å². The molecule has 0 aromatic heterocycles. The van der Waals surface area contributed by atoms with Gasteiger partial charge < -0.3 is 20.4 Å². The van der Waals surface area contributed by atoms with Crippen LogP contribution in [0.1, 0.15) is 42.3 Å². The summed E-state index contributed by atoms with van der Waals surface area (Å²) < 4.78 is 0. The van der Waals surface area contributed by atoms with Crippen LogP contribution in [-0.2, 0) is 15.0 Å². The molecule has 1 aromatic carbocycles. The van der Waals surface area contributed by atoms with Crippen LogP contribution in [0.25, 0.3) is 0 Å². The van der Waals surface area contributed by atoms with Crippen molar-refractivity contribution in [1.29, 1.82) is 0 Å². The van der Waals surface area contributed by atoms with Gasteiger partial charge in [0.05, 0.1) is 11.0 Å². The van der Waals surface area contributed by atoms with Crippen molar-refractivity contribution in [2.24, 2.45) is 0 Å². The Bertz CT molecular complexity index is 889. The molecule has 25 heavy (non-hydrogen) atoms. The molecule has 0 fully saturated rings. The Hall–Kier alpha value is -3.09. The number of carbonyl (C=O) groups is 3. The number of aromatic hydroxyl groups is 3. The van der Waals surface area contributed by atoms with Gasteiger partial charge in [0.1, 0.15) is 34.1 Å². The van der Waals surface area contributed by atoms with Crippen LogP contribution < -0.4 is 0 Å². The quantitative estimate of drug-likeness (QED) is 0.487. The molecular weight excluding hydrogens is 328 g/mol. The fourth-order valence-electron chi connectivity index (χ4n) is 2.98. The first kappa shape index (κ1) is 18.3. The van der Waals surface area contributed by atoms with Crippen LogP contribution in [0.2, 0.25) is 0 Å². The molecule has 1 atom stereocenters. The van der Waals surface area contributed by atoms with Gasteiger partial charge in [0.15, 0.2) is 17.3 Å². The van der Waals surface area contributed by atoms with Gasteiger partial charge in [0.25, 0.3) is 0 Å². The summed E-state index contributed by atoms with van der Waals surface area (Å²) in [5, 5.41) is 40.7. The monoisotopic (exact) mass is 346 g/mol. The standard InChI is InChI=1S/C18H18O7/c1-7-14(22)12(9(3)20)16(24)13(15(7)23)18(4)6-5-10(21)11(8(2)19)17(18)25/h5-6,21-24H,1-4H3/t18-/m1/s1. The van der Waals surface area contributed by atoms with Crippen LogP contribution >= 0.6 is 0 Å². The van der Waals surface area contributed by atoms with E-state index in [9.17, 15) is 34.8 Å². The Balaban J connectivity index is 2.88. The van der Waals surface area contributed by atoms with E-state index < -0.39 is 56.9 Å². The highest BCUT2D eigenvalue weighted by atomic mass is 16.3. The van der Waals surface area contributed by atoms with Crippen molar-refractivity contribution >= 4 is 17.3 Å². The largest absolute Gasteiger partial charge is 0.507 e. The summed E-state index contributed by atoms with van der Waals surface area (Å²) in [5.74, 6) is -4.63. The van der Waals surface area contributed by atoms with Gasteiger partial charge in [0, 0.05) is 5.56 Å². The molecule has 0 saturated heterocycles. The molecule has 7 heteroatoms. The summed E-state index contributed by atoms with van der Waals surface area (Å²) in [6.45, 7) is 4.87. The first-order chi connectivity index (χ1) is 11.4. The van der Waals surface area contributed by atoms with Gasteiger partial charge in [-0.2, -0.15) is 0 Å². The molecule has 0 amide bonds. The van der Waals surface area contributed by atoms with Crippen molar-refractivity contribution < 1.29 is 34.8 Å². The highest BCUT2D eigenvalue weighted by Crippen LogP contribution is 2.49. The van der Waals surface area contributed by atoms with Crippen molar-refractivity contribution in [1.82, 2.24) is 0 Å². The Labute approximate surface area is 143 Å². The Kier molecular flexibility index (Phi) is 4.21. The maximum atomic E-state index is 12.8. The zero-order chi connectivity index (χ0) is 19.3. The van der Waals surface area contributed by atoms with E-state index >= 15 is 0 Å². The number of rotatable bonds is 3. The molecule has 0 aliphatic heterocycles. The van der Waals surface area contributed by atoms with Crippen LogP contribution in [0, 0.1) is 6.92 Å². The van der Waals surface area contributed by atoms with Crippen LogP contribution in [0.5, 0.6) is 17.2 Å². The summed E-state index contributed by atoms with van der Waals surface area (Å²) in [6.07, 6.45) is 2.33. The molecule has 2 rings (SSSR count). The van der Waals surface area contributed by atoms with Gasteiger partial charge in [-0.05, 0) is 33.8 Å². The van der Waals surface area contributed by atoms with Gasteiger partial charge in [-0.1, -0.05) is 6.08 Å². The Morgan fingerprint density at radius 1 is 0.960 bits per heavy atom. The molecule has 132 valence electrons. The number of ketones is 3. The van der Waals surface area contributed by atoms with Gasteiger partial charge in [-0.25, -0.2) is 0 Å². The summed E-state index contributed by atoms with van der Waals surface area (Å²) in [4.78, 5) is 36.3. The van der Waals surface area contributed by atoms with Gasteiger partial charge in [-0.3, -0.25) is 14.4 Å². The lowest BCUT2D eigenvalue weighted by Gasteiger charge is -2.31. The van der Waals surface area contributed by atoms with E-state index in [4.69, 9.17) is 0 Å². The maximum absolute atomic E-state index is 12.8. The van der Waals surface area contributed by atoms with E-state index in [0.717, 1.165) is 19.9 Å². The maximum Gasteiger partial charge on any atom is 0.184 e. The van der Waals surface area contributed by atoms with Crippen LogP contribution in [0.4, 0.5) is 0 Å². The van der Waals surface area contributed by atoms with Crippen molar-refractivity contribution in [3.8, 4) is 17.2 Å². The smallest absolute Gasteiger partial charge is 0.184 e. The molecule has 4 N–H and O–H groups in total. The Morgan fingerprint density at radius 3 is 2.00 bits per heavy atom. The molecule has 0 spiro atoms. The number of Topliss-reactive ketones (excluding diaryl/α,β-unsaturated/α-hetero) is 3. The topological polar surface area (TPSA) is 132 Å². The van der Waals surface area contributed by atoms with E-state index in [1.54, 1.807) is 0 Å². The summed E-state index contributed by atoms with van der Waals surface area (Å²) in [6, 6.07) is 0. The normalized spacial score (nSPS) is 20.1. The molecule has 1 aromatic rings. The molecule has 0 radical (unpaired) electrons. The lowest BCUT2D eigenvalue weighted by molar-refractivity contribution is -0.123. The van der Waals surface area contributed by atoms with Crippen LogP contribution in [0.3, 0.4) is 0 Å². The average Bonchev–Trinajstić information content (AvgIpc) is 2.49. The third-order valence-corrected chi connectivity index (χ3v) is 4.41. The SMILES string of the molecule is CC(=O)C1=C(O)C=C[C@](C)(c2c(O)c(C)c(O)c(C(C)=O)c2O)C1=O. The lowest BCUT2D eigenvalue weighted by atomic mass is 9.70. The number of aliphatic hydroxyl groups is 1. The highest BCUT2D eigenvalue weighted by Gasteiger charge is 2.45. The number of aliphatic hydroxyl groups excluding tert-OH is 1. The third-order valence-electron chi connectivity index (χ3n) is 4.41. The van der Waals surface area contributed by atoms with Crippen LogP contribution in [0.15, 0.2) is 23.5 Å². The molecule has 7 nitrogen and oxygen atoms in total. The van der Waals surface area contributed by atoms with Gasteiger partial charge >= 0.3 is 0 Å². The predicted molar refractivity (Wildman–Crippen MR) is 88.0 cm³/mol. The number of phenols is 3. The molecule has 0 saturated carbocycles. The molecule has 0 unspecified atom stereocenters. The number of hydrogen-bond donors (Lipinski definition) is 4. The molecule has 1 aliphatic rings. The first-order valence-electron chi connectivity index (χ1n) is 7.42. The van der Waals surface area contributed by atoms with E-state index in [-0.39, 0.29) is 11.1 Å². The summed E-state index contributed by atoms with van der Waals surface area (Å²) >= 11 is 0. The first-order valence-corrected chi connectivity index (χ1v) is 7.42. The van der Waals surface area contributed by atoms with Crippen molar-refractivity contribution in [2.45, 2.75) is 33.1 Å². The molecule has 1 aliphatic carbocycles. The average molecular weight is 346 g/mol. The zero-order valence-electron chi connectivity index (χ0n) is 14.2. The van der Waals surface area contributed by atoms with Crippen molar-refractivity contribution in [2.75, 3.05) is 0 Å². The second-order valence-electron chi connectivity index (χ2n) is 6.16. The lowest BCUT2D eigenvalue weighted by Crippen LogP contribution is -2.37. The fraction of sp³-hybridized carbons (Fsp3) is 0.278. The number of allylic oxidation sites excluding steroid dienone is 3. The molecule has 0 heterocycles. The van der Waals surface area contributed by atoms with Gasteiger partial charge in [0.2, 0.25) is 0 Å². The molecule has 0 bridgehead atoms. The minimum Gasteiger partial charge on any atom is -0.507 e. The third kappa shape index (κ3) is 2.48. The number of benzene rings is 1. The molecular formula is C18H18O7. The van der Waals surface area contributed by atoms with E-state index in [2.05, 4.69) is 0 Å². The van der Waals surface area contributed by atoms with E-state index in [1.807, 2.05) is 0 Å². The second-order valence-corrected chi connectivity index (χ2v) is 6.16. The number of carbonyl (C=O) groups excluding carboxylic acids is 3. The number of phenolic OH excluding ortho intramolecular Hbond substituents is 3. The van der Waals surface area contributed by atoms with Crippen molar-refractivity contribution in [3.63, 3.8) is 0 Å². The minimum atomic E-state index is -1.72. The van der Waals surface area contributed by atoms with Crippen molar-refractivity contribution in [3.05, 3.63) is 40.2 Å². The van der Waals surface area contributed by atoms with Crippen LogP contribution in [-0.4, -0.2) is 37.8 Å². The highest BCUT2D eigenvalue weighted by molar-refractivity contribution is 6.25. The second kappa shape index (κ2) is 5.77. The Morgan fingerprint density at radius 2 is 1.52 bits per heavy atom. The number of hydrogen-bond acceptors (Lipinski definition) is 7. The van der Waals surface area contributed by atoms with E-state index in [0.29, 0.717) is 0 Å². The fourth-order valence-corrected chi connectivity index (χ4v) is 2.98. The minimum absolute atomic E-state index is 0.0939. The van der Waals surface area contributed by atoms with E-state index in [1.165, 1.54) is 19.9 Å². The summed E-state index contributed by atoms with van der Waals surface area (Å²) in [5.41, 5.74) is -3.04. The predicted octanol–water partition coefficient (Wildman–Crippen LogP) is 2.11. The summed E-state index contributed by atoms with van der Waals surface area (Å²) in [7, 11) is 0.